The first-order chi connectivity index (χ1) is 25.0. The summed E-state index contributed by atoms with van der Waals surface area (Å²) in [5.41, 5.74) is 17.8. The molecular formula is C49H38N2. The van der Waals surface area contributed by atoms with E-state index in [0.717, 1.165) is 24.2 Å². The van der Waals surface area contributed by atoms with Gasteiger partial charge in [0.1, 0.15) is 0 Å². The summed E-state index contributed by atoms with van der Waals surface area (Å²) in [5.74, 6) is 0. The Balaban J connectivity index is 1.05. The first-order valence-corrected chi connectivity index (χ1v) is 18.1. The Morgan fingerprint density at radius 1 is 0.510 bits per heavy atom. The Morgan fingerprint density at radius 3 is 1.84 bits per heavy atom. The van der Waals surface area contributed by atoms with Crippen molar-refractivity contribution >= 4 is 50.5 Å². The van der Waals surface area contributed by atoms with Crippen LogP contribution in [0.4, 0.5) is 17.1 Å². The smallest absolute Gasteiger partial charge is 0.0541 e. The second kappa shape index (κ2) is 11.5. The lowest BCUT2D eigenvalue weighted by atomic mass is 9.82. The zero-order valence-corrected chi connectivity index (χ0v) is 29.0. The van der Waals surface area contributed by atoms with Gasteiger partial charge >= 0.3 is 0 Å². The van der Waals surface area contributed by atoms with Crippen LogP contribution in [0.2, 0.25) is 0 Å². The van der Waals surface area contributed by atoms with Crippen molar-refractivity contribution in [2.45, 2.75) is 32.1 Å². The maximum atomic E-state index is 2.43. The normalized spacial score (nSPS) is 14.2. The summed E-state index contributed by atoms with van der Waals surface area (Å²) in [6.07, 6.45) is 4.53. The summed E-state index contributed by atoms with van der Waals surface area (Å²) in [6.45, 7) is 4.77. The van der Waals surface area contributed by atoms with Crippen LogP contribution < -0.4 is 4.90 Å². The van der Waals surface area contributed by atoms with Crippen LogP contribution in [-0.4, -0.2) is 4.57 Å². The van der Waals surface area contributed by atoms with E-state index in [9.17, 15) is 0 Å². The monoisotopic (exact) mass is 654 g/mol. The Labute approximate surface area is 299 Å². The Hall–Kier alpha value is -6.12. The molecule has 0 saturated heterocycles. The highest BCUT2D eigenvalue weighted by atomic mass is 15.1. The predicted molar refractivity (Wildman–Crippen MR) is 216 cm³/mol. The standard InChI is InChI=1S/C49H38N2/c1-49(2)45-31-39(50(37-14-4-3-5-15-37)38-24-22-34(23-25-38)36-21-20-33-12-6-7-13-35(33)30-36)26-28-41(45)42-29-27-40(32-46(42)49)51-47-18-10-8-16-43(47)44-17-9-11-19-48(44)51/h3-19,22-32H,20-21H2,1-2H3. The minimum absolute atomic E-state index is 0.175. The third kappa shape index (κ3) is 4.71. The highest BCUT2D eigenvalue weighted by molar-refractivity contribution is 6.09. The van der Waals surface area contributed by atoms with E-state index in [2.05, 4.69) is 193 Å². The number of hydrogen-bond acceptors (Lipinski definition) is 1. The van der Waals surface area contributed by atoms with Crippen molar-refractivity contribution in [2.24, 2.45) is 0 Å². The maximum Gasteiger partial charge on any atom is 0.0541 e. The van der Waals surface area contributed by atoms with Crippen LogP contribution in [0.5, 0.6) is 0 Å². The molecule has 1 heterocycles. The number of aryl methyl sites for hydroxylation is 1. The van der Waals surface area contributed by atoms with E-state index in [4.69, 9.17) is 0 Å². The average molecular weight is 655 g/mol. The van der Waals surface area contributed by atoms with E-state index in [1.54, 1.807) is 0 Å². The number of anilines is 3. The topological polar surface area (TPSA) is 8.17 Å². The molecule has 51 heavy (non-hydrogen) atoms. The van der Waals surface area contributed by atoms with Crippen LogP contribution in [0.25, 0.3) is 50.3 Å². The van der Waals surface area contributed by atoms with Crippen LogP contribution in [0.1, 0.15) is 48.1 Å². The number of fused-ring (bicyclic) bond motifs is 7. The van der Waals surface area contributed by atoms with Crippen molar-refractivity contribution in [3.05, 3.63) is 192 Å². The summed E-state index contributed by atoms with van der Waals surface area (Å²) in [4.78, 5) is 2.40. The SMILES string of the molecule is CC1(C)c2cc(N(c3ccccc3)c3ccc(C4=Cc5ccccc5CC4)cc3)ccc2-c2ccc(-n3c4ccccc4c4ccccc43)cc21. The van der Waals surface area contributed by atoms with Crippen LogP contribution in [0.3, 0.4) is 0 Å². The van der Waals surface area contributed by atoms with E-state index in [1.165, 1.54) is 77.7 Å². The van der Waals surface area contributed by atoms with Crippen LogP contribution in [0, 0.1) is 0 Å². The second-order valence-electron chi connectivity index (χ2n) is 14.5. The molecule has 0 spiro atoms. The maximum absolute atomic E-state index is 2.43. The zero-order chi connectivity index (χ0) is 34.1. The number of para-hydroxylation sites is 3. The van der Waals surface area contributed by atoms with E-state index < -0.39 is 0 Å². The summed E-state index contributed by atoms with van der Waals surface area (Å²) in [5, 5.41) is 2.58. The molecular weight excluding hydrogens is 617 g/mol. The first kappa shape index (κ1) is 29.8. The van der Waals surface area contributed by atoms with Crippen LogP contribution >= 0.6 is 0 Å². The molecule has 0 bridgehead atoms. The minimum atomic E-state index is -0.175. The predicted octanol–water partition coefficient (Wildman–Crippen LogP) is 13.0. The van der Waals surface area contributed by atoms with Crippen LogP contribution in [0.15, 0.2) is 164 Å². The Morgan fingerprint density at radius 2 is 1.10 bits per heavy atom. The zero-order valence-electron chi connectivity index (χ0n) is 29.0. The van der Waals surface area contributed by atoms with Crippen molar-refractivity contribution in [2.75, 3.05) is 4.90 Å². The molecule has 2 nitrogen and oxygen atoms in total. The highest BCUT2D eigenvalue weighted by Crippen LogP contribution is 2.51. The van der Waals surface area contributed by atoms with E-state index >= 15 is 0 Å². The second-order valence-corrected chi connectivity index (χ2v) is 14.5. The summed E-state index contributed by atoms with van der Waals surface area (Å²) in [7, 11) is 0. The fourth-order valence-electron chi connectivity index (χ4n) is 8.70. The Bertz CT molecular complexity index is 2600. The molecule has 8 aromatic rings. The lowest BCUT2D eigenvalue weighted by Crippen LogP contribution is -2.17. The molecule has 2 heteroatoms. The molecule has 0 radical (unpaired) electrons. The molecule has 0 fully saturated rings. The van der Waals surface area contributed by atoms with Crippen molar-refractivity contribution in [1.82, 2.24) is 4.57 Å². The summed E-state index contributed by atoms with van der Waals surface area (Å²) < 4.78 is 2.43. The fraction of sp³-hybridized carbons (Fsp3) is 0.102. The summed E-state index contributed by atoms with van der Waals surface area (Å²) in [6, 6.07) is 60.4. The Kier molecular flexibility index (Phi) is 6.69. The quantitative estimate of drug-likeness (QED) is 0.179. The number of benzene rings is 7. The van der Waals surface area contributed by atoms with Gasteiger partial charge in [-0.1, -0.05) is 123 Å². The van der Waals surface area contributed by atoms with Crippen molar-refractivity contribution in [3.63, 3.8) is 0 Å². The molecule has 0 aliphatic heterocycles. The number of nitrogens with zero attached hydrogens (tertiary/aromatic N) is 2. The number of allylic oxidation sites excluding steroid dienone is 1. The van der Waals surface area contributed by atoms with E-state index in [0.29, 0.717) is 0 Å². The molecule has 1 aromatic heterocycles. The van der Waals surface area contributed by atoms with Gasteiger partial charge in [0, 0.05) is 38.9 Å². The lowest BCUT2D eigenvalue weighted by molar-refractivity contribution is 0.660. The van der Waals surface area contributed by atoms with Gasteiger partial charge < -0.3 is 9.47 Å². The molecule has 7 aromatic carbocycles. The van der Waals surface area contributed by atoms with Gasteiger partial charge in [0.05, 0.1) is 11.0 Å². The highest BCUT2D eigenvalue weighted by Gasteiger charge is 2.36. The van der Waals surface area contributed by atoms with Gasteiger partial charge in [-0.25, -0.2) is 0 Å². The third-order valence-electron chi connectivity index (χ3n) is 11.3. The first-order valence-electron chi connectivity index (χ1n) is 18.1. The van der Waals surface area contributed by atoms with Gasteiger partial charge in [-0.3, -0.25) is 0 Å². The number of rotatable bonds is 5. The van der Waals surface area contributed by atoms with Gasteiger partial charge in [0.25, 0.3) is 0 Å². The van der Waals surface area contributed by atoms with Gasteiger partial charge in [-0.2, -0.15) is 0 Å². The van der Waals surface area contributed by atoms with Crippen molar-refractivity contribution in [3.8, 4) is 16.8 Å². The fourth-order valence-corrected chi connectivity index (χ4v) is 8.70. The summed E-state index contributed by atoms with van der Waals surface area (Å²) >= 11 is 0. The molecule has 2 aliphatic rings. The van der Waals surface area contributed by atoms with E-state index in [-0.39, 0.29) is 5.41 Å². The molecule has 0 N–H and O–H groups in total. The van der Waals surface area contributed by atoms with Gasteiger partial charge in [-0.05, 0) is 118 Å². The van der Waals surface area contributed by atoms with E-state index in [1.807, 2.05) is 0 Å². The average Bonchev–Trinajstić information content (AvgIpc) is 3.63. The van der Waals surface area contributed by atoms with Gasteiger partial charge in [0.2, 0.25) is 0 Å². The third-order valence-corrected chi connectivity index (χ3v) is 11.3. The largest absolute Gasteiger partial charge is 0.310 e. The van der Waals surface area contributed by atoms with Crippen molar-refractivity contribution < 1.29 is 0 Å². The minimum Gasteiger partial charge on any atom is -0.310 e. The van der Waals surface area contributed by atoms with Gasteiger partial charge in [-0.15, -0.1) is 0 Å². The van der Waals surface area contributed by atoms with Crippen LogP contribution in [-0.2, 0) is 11.8 Å². The van der Waals surface area contributed by atoms with Crippen molar-refractivity contribution in [1.29, 1.82) is 0 Å². The molecule has 10 rings (SSSR count). The molecule has 0 atom stereocenters. The molecule has 0 saturated carbocycles. The number of hydrogen-bond donors (Lipinski definition) is 0. The molecule has 0 amide bonds. The van der Waals surface area contributed by atoms with Gasteiger partial charge in [0.15, 0.2) is 0 Å². The molecule has 0 unspecified atom stereocenters. The number of aromatic nitrogens is 1. The molecule has 2 aliphatic carbocycles. The molecule has 244 valence electrons. The lowest BCUT2D eigenvalue weighted by Gasteiger charge is -2.28.